The van der Waals surface area contributed by atoms with Crippen molar-refractivity contribution in [2.75, 3.05) is 11.8 Å². The maximum Gasteiger partial charge on any atom is 0.416 e. The Kier molecular flexibility index (Phi) is 8.43. The number of nitrogens with one attached hydrogen (secondary N) is 1. The van der Waals surface area contributed by atoms with Gasteiger partial charge in [0.2, 0.25) is 0 Å². The van der Waals surface area contributed by atoms with Crippen molar-refractivity contribution < 1.29 is 44.3 Å². The molecule has 1 fully saturated rings. The molecular weight excluding hydrogens is 548 g/mol. The summed E-state index contributed by atoms with van der Waals surface area (Å²) in [5, 5.41) is 0. The van der Waals surface area contributed by atoms with Crippen molar-refractivity contribution in [3.63, 3.8) is 0 Å². The summed E-state index contributed by atoms with van der Waals surface area (Å²) in [7, 11) is -3.17. The number of rotatable bonds is 7. The lowest BCUT2D eigenvalue weighted by Gasteiger charge is -2.40. The standard InChI is InChI=1S/C24H24ClF6NO4S/c1-36-21(33)15-5-8-18(9-6-15)37(34,35)32-19-10-7-17(23(26,27)28)14-16(19)11-13-22(25)12-3-2-4-20(22)24(29,30)31/h5-10,14,20,32H,2-4,11-13H2,1H3. The summed E-state index contributed by atoms with van der Waals surface area (Å²) in [4.78, 5) is 9.57. The molecule has 0 heterocycles. The van der Waals surface area contributed by atoms with Crippen molar-refractivity contribution in [3.05, 3.63) is 59.2 Å². The second-order valence-corrected chi connectivity index (χ2v) is 11.3. The Bertz CT molecular complexity index is 1230. The summed E-state index contributed by atoms with van der Waals surface area (Å²) in [6.45, 7) is 0. The van der Waals surface area contributed by atoms with E-state index in [2.05, 4.69) is 9.46 Å². The summed E-state index contributed by atoms with van der Waals surface area (Å²) < 4.78 is 114. The van der Waals surface area contributed by atoms with E-state index in [9.17, 15) is 39.6 Å². The first-order valence-corrected chi connectivity index (χ1v) is 13.1. The Morgan fingerprint density at radius 2 is 1.73 bits per heavy atom. The Morgan fingerprint density at radius 3 is 2.30 bits per heavy atom. The van der Waals surface area contributed by atoms with Crippen LogP contribution in [-0.4, -0.2) is 32.5 Å². The third-order valence-corrected chi connectivity index (χ3v) is 8.45. The number of sulfonamides is 1. The zero-order valence-electron chi connectivity index (χ0n) is 19.5. The Labute approximate surface area is 215 Å². The highest BCUT2D eigenvalue weighted by Crippen LogP contribution is 2.50. The summed E-state index contributed by atoms with van der Waals surface area (Å²) in [5.74, 6) is -2.52. The number of alkyl halides is 7. The van der Waals surface area contributed by atoms with Gasteiger partial charge in [0, 0.05) is 0 Å². The molecule has 1 aliphatic rings. The molecule has 0 bridgehead atoms. The van der Waals surface area contributed by atoms with Crippen LogP contribution in [0.1, 0.15) is 53.6 Å². The summed E-state index contributed by atoms with van der Waals surface area (Å²) >= 11 is 6.42. The van der Waals surface area contributed by atoms with Gasteiger partial charge in [-0.1, -0.05) is 12.8 Å². The first-order chi connectivity index (χ1) is 17.1. The molecule has 0 aliphatic heterocycles. The number of aryl methyl sites for hydroxylation is 1. The molecule has 0 aromatic heterocycles. The van der Waals surface area contributed by atoms with E-state index >= 15 is 0 Å². The van der Waals surface area contributed by atoms with Gasteiger partial charge in [-0.25, -0.2) is 13.2 Å². The van der Waals surface area contributed by atoms with Crippen molar-refractivity contribution in [2.24, 2.45) is 5.92 Å². The molecule has 5 nitrogen and oxygen atoms in total. The molecule has 13 heteroatoms. The van der Waals surface area contributed by atoms with Crippen molar-refractivity contribution in [3.8, 4) is 0 Å². The van der Waals surface area contributed by atoms with Gasteiger partial charge in [-0.2, -0.15) is 26.3 Å². The molecule has 2 atom stereocenters. The van der Waals surface area contributed by atoms with Crippen LogP contribution in [0.4, 0.5) is 32.0 Å². The van der Waals surface area contributed by atoms with E-state index in [0.717, 1.165) is 25.3 Å². The highest BCUT2D eigenvalue weighted by Gasteiger charge is 2.53. The SMILES string of the molecule is COC(=O)c1ccc(S(=O)(=O)Nc2ccc(C(F)(F)F)cc2CCC2(Cl)CCCCC2C(F)(F)F)cc1. The second-order valence-electron chi connectivity index (χ2n) is 8.87. The summed E-state index contributed by atoms with van der Waals surface area (Å²) in [6.07, 6.45) is -9.32. The van der Waals surface area contributed by atoms with E-state index in [1.165, 1.54) is 12.1 Å². The Balaban J connectivity index is 1.93. The lowest BCUT2D eigenvalue weighted by atomic mass is 9.75. The van der Waals surface area contributed by atoms with Crippen molar-refractivity contribution in [2.45, 2.75) is 60.6 Å². The van der Waals surface area contributed by atoms with Crippen LogP contribution < -0.4 is 4.72 Å². The summed E-state index contributed by atoms with van der Waals surface area (Å²) in [6, 6.07) is 6.93. The number of anilines is 1. The minimum absolute atomic E-state index is 0.0330. The van der Waals surface area contributed by atoms with Gasteiger partial charge in [-0.3, -0.25) is 4.72 Å². The van der Waals surface area contributed by atoms with E-state index < -0.39 is 44.7 Å². The number of methoxy groups -OCH3 is 1. The zero-order valence-corrected chi connectivity index (χ0v) is 21.1. The highest BCUT2D eigenvalue weighted by molar-refractivity contribution is 7.92. The fourth-order valence-corrected chi connectivity index (χ4v) is 6.03. The number of carbonyl (C=O) groups excluding carboxylic acids is 1. The van der Waals surface area contributed by atoms with Gasteiger partial charge in [0.15, 0.2) is 0 Å². The van der Waals surface area contributed by atoms with Crippen LogP contribution in [0.2, 0.25) is 0 Å². The van der Waals surface area contributed by atoms with Crippen LogP contribution in [0.3, 0.4) is 0 Å². The lowest BCUT2D eigenvalue weighted by Crippen LogP contribution is -2.44. The van der Waals surface area contributed by atoms with E-state index in [-0.39, 0.29) is 47.4 Å². The maximum atomic E-state index is 13.6. The monoisotopic (exact) mass is 571 g/mol. The number of carbonyl (C=O) groups is 1. The molecule has 0 amide bonds. The molecule has 0 spiro atoms. The number of halogens is 7. The molecule has 0 radical (unpaired) electrons. The van der Waals surface area contributed by atoms with Crippen LogP contribution >= 0.6 is 11.6 Å². The molecule has 204 valence electrons. The number of hydrogen-bond donors (Lipinski definition) is 1. The number of hydrogen-bond acceptors (Lipinski definition) is 4. The third kappa shape index (κ3) is 6.90. The minimum atomic E-state index is -4.76. The zero-order chi connectivity index (χ0) is 27.6. The van der Waals surface area contributed by atoms with Crippen LogP contribution in [0.5, 0.6) is 0 Å². The maximum absolute atomic E-state index is 13.6. The van der Waals surface area contributed by atoms with E-state index in [1.807, 2.05) is 0 Å². The molecule has 2 aromatic carbocycles. The van der Waals surface area contributed by atoms with Crippen molar-refractivity contribution >= 4 is 33.3 Å². The highest BCUT2D eigenvalue weighted by atomic mass is 35.5. The normalized spacial score (nSPS) is 20.9. The second kappa shape index (κ2) is 10.7. The van der Waals surface area contributed by atoms with Gasteiger partial charge in [0.25, 0.3) is 10.0 Å². The smallest absolute Gasteiger partial charge is 0.416 e. The van der Waals surface area contributed by atoms with Crippen LogP contribution in [0, 0.1) is 5.92 Å². The van der Waals surface area contributed by atoms with Gasteiger partial charge < -0.3 is 4.74 Å². The fourth-order valence-electron chi connectivity index (χ4n) is 4.47. The molecule has 1 N–H and O–H groups in total. The molecule has 3 rings (SSSR count). The van der Waals surface area contributed by atoms with Crippen LogP contribution in [0.25, 0.3) is 0 Å². The minimum Gasteiger partial charge on any atom is -0.465 e. The third-order valence-electron chi connectivity index (χ3n) is 6.43. The van der Waals surface area contributed by atoms with E-state index in [1.54, 1.807) is 0 Å². The molecule has 37 heavy (non-hydrogen) atoms. The van der Waals surface area contributed by atoms with E-state index in [0.29, 0.717) is 25.0 Å². The predicted molar refractivity (Wildman–Crippen MR) is 125 cm³/mol. The average Bonchev–Trinajstić information content (AvgIpc) is 2.81. The largest absolute Gasteiger partial charge is 0.465 e. The molecule has 0 saturated heterocycles. The van der Waals surface area contributed by atoms with Crippen molar-refractivity contribution in [1.82, 2.24) is 0 Å². The van der Waals surface area contributed by atoms with Gasteiger partial charge in [-0.05, 0) is 73.7 Å². The molecular formula is C24H24ClF6NO4S. The topological polar surface area (TPSA) is 72.5 Å². The fraction of sp³-hybridized carbons (Fsp3) is 0.458. The van der Waals surface area contributed by atoms with Crippen molar-refractivity contribution in [1.29, 1.82) is 0 Å². The lowest BCUT2D eigenvalue weighted by molar-refractivity contribution is -0.191. The first-order valence-electron chi connectivity index (χ1n) is 11.2. The quantitative estimate of drug-likeness (QED) is 0.222. The number of benzene rings is 2. The Morgan fingerprint density at radius 1 is 1.08 bits per heavy atom. The number of ether oxygens (including phenoxy) is 1. The van der Waals surface area contributed by atoms with Gasteiger partial charge >= 0.3 is 18.3 Å². The van der Waals surface area contributed by atoms with Crippen LogP contribution in [-0.2, 0) is 27.4 Å². The Hall–Kier alpha value is -2.47. The molecule has 1 aliphatic carbocycles. The van der Waals surface area contributed by atoms with Crippen LogP contribution in [0.15, 0.2) is 47.4 Å². The first kappa shape index (κ1) is 29.1. The van der Waals surface area contributed by atoms with Gasteiger partial charge in [-0.15, -0.1) is 11.6 Å². The van der Waals surface area contributed by atoms with Gasteiger partial charge in [0.1, 0.15) is 0 Å². The number of esters is 1. The molecule has 2 aromatic rings. The molecule has 2 unspecified atom stereocenters. The average molecular weight is 572 g/mol. The predicted octanol–water partition coefficient (Wildman–Crippen LogP) is 6.96. The summed E-state index contributed by atoms with van der Waals surface area (Å²) in [5.41, 5.74) is -1.36. The van der Waals surface area contributed by atoms with Gasteiger partial charge in [0.05, 0.1) is 39.6 Å². The van der Waals surface area contributed by atoms with E-state index in [4.69, 9.17) is 11.6 Å². The molecule has 1 saturated carbocycles.